The van der Waals surface area contributed by atoms with E-state index >= 15 is 0 Å². The van der Waals surface area contributed by atoms with E-state index in [0.29, 0.717) is 24.0 Å². The Bertz CT molecular complexity index is 414. The molecule has 0 saturated heterocycles. The van der Waals surface area contributed by atoms with E-state index in [9.17, 15) is 4.79 Å². The van der Waals surface area contributed by atoms with Crippen LogP contribution in [0.15, 0.2) is 0 Å². The summed E-state index contributed by atoms with van der Waals surface area (Å²) < 4.78 is 1.90. The minimum absolute atomic E-state index is 0.319. The molecule has 3 N–H and O–H groups in total. The van der Waals surface area contributed by atoms with Crippen molar-refractivity contribution in [3.05, 3.63) is 5.69 Å². The lowest BCUT2D eigenvalue weighted by molar-refractivity contribution is -0.105. The number of carbonyl (C=O) groups excluding carboxylic acids is 1. The van der Waals surface area contributed by atoms with E-state index in [2.05, 4.69) is 24.3 Å². The van der Waals surface area contributed by atoms with Crippen LogP contribution >= 0.6 is 0 Å². The Morgan fingerprint density at radius 1 is 1.30 bits per heavy atom. The summed E-state index contributed by atoms with van der Waals surface area (Å²) in [6, 6.07) is 0.319. The minimum atomic E-state index is 0.319. The van der Waals surface area contributed by atoms with Gasteiger partial charge in [-0.3, -0.25) is 4.79 Å². The van der Waals surface area contributed by atoms with E-state index in [-0.39, 0.29) is 0 Å². The molecule has 1 heterocycles. The van der Waals surface area contributed by atoms with Crippen LogP contribution in [0.5, 0.6) is 0 Å². The van der Waals surface area contributed by atoms with Crippen molar-refractivity contribution in [2.75, 3.05) is 11.1 Å². The average Bonchev–Trinajstić information content (AvgIpc) is 2.77. The van der Waals surface area contributed by atoms with Crippen LogP contribution in [0.3, 0.4) is 0 Å². The van der Waals surface area contributed by atoms with E-state index in [0.717, 1.165) is 25.0 Å². The molecule has 0 aliphatic heterocycles. The number of nitrogens with one attached hydrogen (secondary N) is 1. The SMILES string of the molecule is CCCCCCC(CC)n1nc(CC)c(NC=O)c1N. The number of nitrogens with zero attached hydrogens (tertiary/aromatic N) is 2. The highest BCUT2D eigenvalue weighted by atomic mass is 16.1. The third kappa shape index (κ3) is 3.99. The number of rotatable bonds is 10. The summed E-state index contributed by atoms with van der Waals surface area (Å²) in [5.41, 5.74) is 7.69. The van der Waals surface area contributed by atoms with Gasteiger partial charge in [-0.1, -0.05) is 46.5 Å². The summed E-state index contributed by atoms with van der Waals surface area (Å²) >= 11 is 0. The van der Waals surface area contributed by atoms with Gasteiger partial charge in [-0.25, -0.2) is 4.68 Å². The molecule has 5 nitrogen and oxygen atoms in total. The Hall–Kier alpha value is -1.52. The molecular formula is C15H28N4O. The molecule has 1 aromatic rings. The second kappa shape index (κ2) is 8.61. The Labute approximate surface area is 121 Å². The highest BCUT2D eigenvalue weighted by Gasteiger charge is 2.19. The van der Waals surface area contributed by atoms with Crippen molar-refractivity contribution in [3.8, 4) is 0 Å². The van der Waals surface area contributed by atoms with Crippen LogP contribution in [-0.2, 0) is 11.2 Å². The number of carbonyl (C=O) groups is 1. The summed E-state index contributed by atoms with van der Waals surface area (Å²) in [6.07, 6.45) is 8.50. The monoisotopic (exact) mass is 280 g/mol. The van der Waals surface area contributed by atoms with Crippen LogP contribution in [-0.4, -0.2) is 16.2 Å². The van der Waals surface area contributed by atoms with Gasteiger partial charge in [-0.15, -0.1) is 0 Å². The molecular weight excluding hydrogens is 252 g/mol. The molecule has 0 aliphatic carbocycles. The molecule has 1 amide bonds. The van der Waals surface area contributed by atoms with Gasteiger partial charge in [-0.2, -0.15) is 5.10 Å². The number of hydrogen-bond acceptors (Lipinski definition) is 3. The van der Waals surface area contributed by atoms with E-state index in [1.165, 1.54) is 25.7 Å². The van der Waals surface area contributed by atoms with Crippen LogP contribution in [0.1, 0.15) is 71.0 Å². The molecule has 0 aliphatic rings. The lowest BCUT2D eigenvalue weighted by Crippen LogP contribution is -2.13. The number of aromatic nitrogens is 2. The molecule has 114 valence electrons. The van der Waals surface area contributed by atoms with E-state index in [1.807, 2.05) is 11.6 Å². The van der Waals surface area contributed by atoms with Crippen molar-refractivity contribution < 1.29 is 4.79 Å². The van der Waals surface area contributed by atoms with Gasteiger partial charge in [0.25, 0.3) is 0 Å². The summed E-state index contributed by atoms with van der Waals surface area (Å²) in [5.74, 6) is 0.580. The maximum atomic E-state index is 10.7. The smallest absolute Gasteiger partial charge is 0.211 e. The van der Waals surface area contributed by atoms with Crippen molar-refractivity contribution in [2.45, 2.75) is 71.8 Å². The number of unbranched alkanes of at least 4 members (excludes halogenated alkanes) is 3. The molecule has 0 fully saturated rings. The fourth-order valence-corrected chi connectivity index (χ4v) is 2.54. The first-order chi connectivity index (χ1) is 9.69. The number of anilines is 2. The molecule has 0 radical (unpaired) electrons. The summed E-state index contributed by atoms with van der Waals surface area (Å²) in [4.78, 5) is 10.7. The molecule has 1 atom stereocenters. The number of nitrogen functional groups attached to an aromatic ring is 1. The minimum Gasteiger partial charge on any atom is -0.382 e. The number of hydrogen-bond donors (Lipinski definition) is 2. The molecule has 0 aromatic carbocycles. The Morgan fingerprint density at radius 3 is 2.60 bits per heavy atom. The van der Waals surface area contributed by atoms with E-state index in [1.54, 1.807) is 0 Å². The van der Waals surface area contributed by atoms with Crippen LogP contribution in [0.25, 0.3) is 0 Å². The second-order valence-corrected chi connectivity index (χ2v) is 5.18. The van der Waals surface area contributed by atoms with Gasteiger partial charge in [0.2, 0.25) is 6.41 Å². The lowest BCUT2D eigenvalue weighted by Gasteiger charge is -2.17. The zero-order chi connectivity index (χ0) is 15.0. The first kappa shape index (κ1) is 16.5. The van der Waals surface area contributed by atoms with Crippen molar-refractivity contribution in [2.24, 2.45) is 0 Å². The Kier molecular flexibility index (Phi) is 7.12. The van der Waals surface area contributed by atoms with Crippen LogP contribution in [0.4, 0.5) is 11.5 Å². The molecule has 0 bridgehead atoms. The first-order valence-electron chi connectivity index (χ1n) is 7.76. The zero-order valence-corrected chi connectivity index (χ0v) is 13.0. The normalized spacial score (nSPS) is 12.3. The lowest BCUT2D eigenvalue weighted by atomic mass is 10.1. The fraction of sp³-hybridized carbons (Fsp3) is 0.733. The maximum Gasteiger partial charge on any atom is 0.211 e. The van der Waals surface area contributed by atoms with Crippen molar-refractivity contribution in [3.63, 3.8) is 0 Å². The third-order valence-corrected chi connectivity index (χ3v) is 3.77. The average molecular weight is 280 g/mol. The Morgan fingerprint density at radius 2 is 2.05 bits per heavy atom. The summed E-state index contributed by atoms with van der Waals surface area (Å²) in [5, 5.41) is 7.27. The standard InChI is InChI=1S/C15H28N4O/c1-4-7-8-9-10-12(5-2)19-15(16)14(17-11-20)13(6-3)18-19/h11-12H,4-10,16H2,1-3H3,(H,17,20). The van der Waals surface area contributed by atoms with Gasteiger partial charge >= 0.3 is 0 Å². The zero-order valence-electron chi connectivity index (χ0n) is 13.0. The molecule has 1 aromatic heterocycles. The van der Waals surface area contributed by atoms with E-state index in [4.69, 9.17) is 5.73 Å². The summed E-state index contributed by atoms with van der Waals surface area (Å²) in [7, 11) is 0. The van der Waals surface area contributed by atoms with Gasteiger partial charge in [0.1, 0.15) is 11.5 Å². The van der Waals surface area contributed by atoms with Gasteiger partial charge in [-0.05, 0) is 19.3 Å². The largest absolute Gasteiger partial charge is 0.382 e. The highest BCUT2D eigenvalue weighted by Crippen LogP contribution is 2.30. The molecule has 0 spiro atoms. The van der Waals surface area contributed by atoms with Gasteiger partial charge in [0.05, 0.1) is 11.7 Å². The predicted octanol–water partition coefficient (Wildman–Crippen LogP) is 3.52. The van der Waals surface area contributed by atoms with Gasteiger partial charge in [0.15, 0.2) is 0 Å². The fourth-order valence-electron chi connectivity index (χ4n) is 2.54. The molecule has 20 heavy (non-hydrogen) atoms. The van der Waals surface area contributed by atoms with Crippen molar-refractivity contribution in [1.29, 1.82) is 0 Å². The topological polar surface area (TPSA) is 72.9 Å². The number of amides is 1. The Balaban J connectivity index is 2.83. The predicted molar refractivity (Wildman–Crippen MR) is 83.8 cm³/mol. The quantitative estimate of drug-likeness (QED) is 0.509. The molecule has 1 unspecified atom stereocenters. The highest BCUT2D eigenvalue weighted by molar-refractivity contribution is 5.80. The van der Waals surface area contributed by atoms with E-state index < -0.39 is 0 Å². The van der Waals surface area contributed by atoms with Crippen molar-refractivity contribution in [1.82, 2.24) is 9.78 Å². The van der Waals surface area contributed by atoms with Crippen LogP contribution in [0.2, 0.25) is 0 Å². The first-order valence-corrected chi connectivity index (χ1v) is 7.76. The summed E-state index contributed by atoms with van der Waals surface area (Å²) in [6.45, 7) is 6.39. The molecule has 1 rings (SSSR count). The number of aryl methyl sites for hydroxylation is 1. The maximum absolute atomic E-state index is 10.7. The number of nitrogens with two attached hydrogens (primary N) is 1. The third-order valence-electron chi connectivity index (χ3n) is 3.77. The molecule has 5 heteroatoms. The van der Waals surface area contributed by atoms with Gasteiger partial charge in [0, 0.05) is 0 Å². The van der Waals surface area contributed by atoms with Crippen molar-refractivity contribution >= 4 is 17.9 Å². The van der Waals surface area contributed by atoms with Gasteiger partial charge < -0.3 is 11.1 Å². The second-order valence-electron chi connectivity index (χ2n) is 5.18. The molecule has 0 saturated carbocycles. The van der Waals surface area contributed by atoms with Crippen LogP contribution < -0.4 is 11.1 Å². The van der Waals surface area contributed by atoms with Crippen LogP contribution in [0, 0.1) is 0 Å².